The SMILES string of the molecule is CCn1c(C(=O)O)ccc1-c1cccc(C)c1Br. The second-order valence-corrected chi connectivity index (χ2v) is 4.88. The van der Waals surface area contributed by atoms with Crippen LogP contribution in [0.1, 0.15) is 23.0 Å². The lowest BCUT2D eigenvalue weighted by Crippen LogP contribution is -2.08. The summed E-state index contributed by atoms with van der Waals surface area (Å²) in [6, 6.07) is 9.49. The van der Waals surface area contributed by atoms with E-state index in [1.807, 2.05) is 42.7 Å². The van der Waals surface area contributed by atoms with Crippen molar-refractivity contribution in [3.05, 3.63) is 46.1 Å². The molecule has 0 aliphatic rings. The molecule has 1 heterocycles. The molecule has 0 aliphatic carbocycles. The van der Waals surface area contributed by atoms with Crippen LogP contribution in [0.3, 0.4) is 0 Å². The van der Waals surface area contributed by atoms with Crippen LogP contribution in [0.25, 0.3) is 11.3 Å². The lowest BCUT2D eigenvalue weighted by atomic mass is 10.1. The third-order valence-electron chi connectivity index (χ3n) is 2.98. The van der Waals surface area contributed by atoms with Crippen LogP contribution in [-0.2, 0) is 6.54 Å². The van der Waals surface area contributed by atoms with Crippen molar-refractivity contribution < 1.29 is 9.90 Å². The molecule has 1 aromatic heterocycles. The Balaban J connectivity index is 2.65. The average Bonchev–Trinajstić information content (AvgIpc) is 2.76. The highest BCUT2D eigenvalue weighted by Gasteiger charge is 2.15. The second-order valence-electron chi connectivity index (χ2n) is 4.09. The first-order valence-electron chi connectivity index (χ1n) is 5.74. The molecular weight excluding hydrogens is 294 g/mol. The number of aryl methyl sites for hydroxylation is 1. The molecule has 4 heteroatoms. The summed E-state index contributed by atoms with van der Waals surface area (Å²) in [7, 11) is 0. The Kier molecular flexibility index (Phi) is 3.57. The first-order valence-corrected chi connectivity index (χ1v) is 6.53. The average molecular weight is 308 g/mol. The second kappa shape index (κ2) is 4.98. The molecule has 0 fully saturated rings. The number of carbonyl (C=O) groups is 1. The van der Waals surface area contributed by atoms with Crippen LogP contribution in [-0.4, -0.2) is 15.6 Å². The number of nitrogens with zero attached hydrogens (tertiary/aromatic N) is 1. The zero-order valence-electron chi connectivity index (χ0n) is 10.3. The van der Waals surface area contributed by atoms with Crippen LogP contribution < -0.4 is 0 Å². The van der Waals surface area contributed by atoms with Crippen molar-refractivity contribution in [2.45, 2.75) is 20.4 Å². The van der Waals surface area contributed by atoms with E-state index in [0.29, 0.717) is 12.2 Å². The lowest BCUT2D eigenvalue weighted by molar-refractivity contribution is 0.0685. The molecule has 1 aromatic carbocycles. The third-order valence-corrected chi connectivity index (χ3v) is 4.04. The summed E-state index contributed by atoms with van der Waals surface area (Å²) >= 11 is 3.57. The summed E-state index contributed by atoms with van der Waals surface area (Å²) in [5, 5.41) is 9.15. The Morgan fingerprint density at radius 1 is 1.33 bits per heavy atom. The number of aromatic nitrogens is 1. The smallest absolute Gasteiger partial charge is 0.352 e. The number of benzene rings is 1. The summed E-state index contributed by atoms with van der Waals surface area (Å²) < 4.78 is 2.82. The Morgan fingerprint density at radius 3 is 2.67 bits per heavy atom. The van der Waals surface area contributed by atoms with Crippen molar-refractivity contribution in [3.8, 4) is 11.3 Å². The molecule has 0 atom stereocenters. The van der Waals surface area contributed by atoms with Gasteiger partial charge in [0.05, 0.1) is 0 Å². The minimum absolute atomic E-state index is 0.320. The monoisotopic (exact) mass is 307 g/mol. The summed E-state index contributed by atoms with van der Waals surface area (Å²) in [6.45, 7) is 4.59. The third kappa shape index (κ3) is 2.08. The van der Waals surface area contributed by atoms with Crippen LogP contribution in [0.4, 0.5) is 0 Å². The molecule has 2 rings (SSSR count). The molecular formula is C14H14BrNO2. The number of halogens is 1. The molecule has 1 N–H and O–H groups in total. The molecule has 0 aliphatic heterocycles. The molecule has 0 saturated heterocycles. The fourth-order valence-electron chi connectivity index (χ4n) is 2.08. The van der Waals surface area contributed by atoms with E-state index < -0.39 is 5.97 Å². The number of rotatable bonds is 3. The van der Waals surface area contributed by atoms with E-state index in [1.54, 1.807) is 6.07 Å². The van der Waals surface area contributed by atoms with E-state index in [2.05, 4.69) is 15.9 Å². The van der Waals surface area contributed by atoms with Gasteiger partial charge in [-0.15, -0.1) is 0 Å². The van der Waals surface area contributed by atoms with Gasteiger partial charge in [-0.2, -0.15) is 0 Å². The number of hydrogen-bond acceptors (Lipinski definition) is 1. The maximum absolute atomic E-state index is 11.1. The van der Waals surface area contributed by atoms with Gasteiger partial charge in [0.25, 0.3) is 0 Å². The van der Waals surface area contributed by atoms with Gasteiger partial charge in [-0.05, 0) is 47.5 Å². The van der Waals surface area contributed by atoms with E-state index in [9.17, 15) is 4.79 Å². The van der Waals surface area contributed by atoms with Gasteiger partial charge in [0.1, 0.15) is 5.69 Å². The first-order chi connectivity index (χ1) is 8.56. The highest BCUT2D eigenvalue weighted by atomic mass is 79.9. The van der Waals surface area contributed by atoms with Crippen LogP contribution >= 0.6 is 15.9 Å². The van der Waals surface area contributed by atoms with E-state index in [1.165, 1.54) is 0 Å². The Bertz CT molecular complexity index is 602. The van der Waals surface area contributed by atoms with Crippen LogP contribution in [0.5, 0.6) is 0 Å². The van der Waals surface area contributed by atoms with Gasteiger partial charge in [-0.1, -0.05) is 18.2 Å². The highest BCUT2D eigenvalue weighted by Crippen LogP contribution is 2.32. The van der Waals surface area contributed by atoms with Gasteiger partial charge < -0.3 is 9.67 Å². The predicted octanol–water partition coefficient (Wildman–Crippen LogP) is 3.94. The van der Waals surface area contributed by atoms with E-state index >= 15 is 0 Å². The topological polar surface area (TPSA) is 42.2 Å². The lowest BCUT2D eigenvalue weighted by Gasteiger charge is -2.11. The van der Waals surface area contributed by atoms with Gasteiger partial charge >= 0.3 is 5.97 Å². The Hall–Kier alpha value is -1.55. The minimum atomic E-state index is -0.896. The number of carboxylic acids is 1. The molecule has 0 spiro atoms. The first kappa shape index (κ1) is 12.9. The molecule has 94 valence electrons. The zero-order chi connectivity index (χ0) is 13.3. The van der Waals surface area contributed by atoms with Crippen LogP contribution in [0, 0.1) is 6.92 Å². The largest absolute Gasteiger partial charge is 0.477 e. The predicted molar refractivity (Wildman–Crippen MR) is 74.9 cm³/mol. The summed E-state index contributed by atoms with van der Waals surface area (Å²) in [5.74, 6) is -0.896. The van der Waals surface area contributed by atoms with Crippen molar-refractivity contribution >= 4 is 21.9 Å². The van der Waals surface area contributed by atoms with Gasteiger partial charge in [0, 0.05) is 22.3 Å². The molecule has 0 amide bonds. The maximum Gasteiger partial charge on any atom is 0.352 e. The molecule has 0 unspecified atom stereocenters. The van der Waals surface area contributed by atoms with E-state index in [0.717, 1.165) is 21.3 Å². The van der Waals surface area contributed by atoms with Gasteiger partial charge in [-0.3, -0.25) is 0 Å². The normalized spacial score (nSPS) is 10.6. The number of aromatic carboxylic acids is 1. The fraction of sp³-hybridized carbons (Fsp3) is 0.214. The van der Waals surface area contributed by atoms with Crippen molar-refractivity contribution in [3.63, 3.8) is 0 Å². The van der Waals surface area contributed by atoms with Gasteiger partial charge in [0.15, 0.2) is 0 Å². The fourth-order valence-corrected chi connectivity index (χ4v) is 2.54. The Labute approximate surface area is 114 Å². The molecule has 3 nitrogen and oxygen atoms in total. The van der Waals surface area contributed by atoms with Crippen LogP contribution in [0.2, 0.25) is 0 Å². The van der Waals surface area contributed by atoms with Crippen molar-refractivity contribution in [2.75, 3.05) is 0 Å². The molecule has 0 saturated carbocycles. The summed E-state index contributed by atoms with van der Waals surface area (Å²) in [6.07, 6.45) is 0. The van der Waals surface area contributed by atoms with Crippen molar-refractivity contribution in [1.29, 1.82) is 0 Å². The van der Waals surface area contributed by atoms with E-state index in [-0.39, 0.29) is 0 Å². The van der Waals surface area contributed by atoms with Crippen LogP contribution in [0.15, 0.2) is 34.8 Å². The molecule has 2 aromatic rings. The summed E-state index contributed by atoms with van der Waals surface area (Å²) in [4.78, 5) is 11.1. The van der Waals surface area contributed by atoms with Crippen molar-refractivity contribution in [2.24, 2.45) is 0 Å². The standard InChI is InChI=1S/C14H14BrNO2/c1-3-16-11(7-8-12(16)14(17)18)10-6-4-5-9(2)13(10)15/h4-8H,3H2,1-2H3,(H,17,18). The number of carboxylic acid groups (broad SMARTS) is 1. The Morgan fingerprint density at radius 2 is 2.06 bits per heavy atom. The maximum atomic E-state index is 11.1. The summed E-state index contributed by atoms with van der Waals surface area (Å²) in [5.41, 5.74) is 3.39. The van der Waals surface area contributed by atoms with Gasteiger partial charge in [0.2, 0.25) is 0 Å². The molecule has 0 radical (unpaired) electrons. The molecule has 0 bridgehead atoms. The number of hydrogen-bond donors (Lipinski definition) is 1. The van der Waals surface area contributed by atoms with Crippen molar-refractivity contribution in [1.82, 2.24) is 4.57 Å². The quantitative estimate of drug-likeness (QED) is 0.933. The van der Waals surface area contributed by atoms with E-state index in [4.69, 9.17) is 5.11 Å². The minimum Gasteiger partial charge on any atom is -0.477 e. The van der Waals surface area contributed by atoms with Gasteiger partial charge in [-0.25, -0.2) is 4.79 Å². The highest BCUT2D eigenvalue weighted by molar-refractivity contribution is 9.10. The molecule has 18 heavy (non-hydrogen) atoms. The zero-order valence-corrected chi connectivity index (χ0v) is 11.9.